The minimum absolute atomic E-state index is 0.0904. The van der Waals surface area contributed by atoms with Crippen molar-refractivity contribution in [1.29, 1.82) is 0 Å². The van der Waals surface area contributed by atoms with Crippen LogP contribution in [0.15, 0.2) is 24.3 Å². The lowest BCUT2D eigenvalue weighted by molar-refractivity contribution is -0.122. The van der Waals surface area contributed by atoms with Crippen LogP contribution in [0.3, 0.4) is 0 Å². The number of amides is 1. The van der Waals surface area contributed by atoms with Crippen molar-refractivity contribution in [3.05, 3.63) is 35.6 Å². The van der Waals surface area contributed by atoms with E-state index in [-0.39, 0.29) is 24.3 Å². The van der Waals surface area contributed by atoms with E-state index in [1.165, 1.54) is 6.07 Å². The first-order valence-electron chi connectivity index (χ1n) is 6.13. The van der Waals surface area contributed by atoms with Gasteiger partial charge in [-0.1, -0.05) is 18.2 Å². The fraction of sp³-hybridized carbons (Fsp3) is 0.462. The van der Waals surface area contributed by atoms with E-state index in [2.05, 4.69) is 5.32 Å². The Morgan fingerprint density at radius 1 is 1.50 bits per heavy atom. The summed E-state index contributed by atoms with van der Waals surface area (Å²) in [5.41, 5.74) is 6.27. The van der Waals surface area contributed by atoms with Gasteiger partial charge in [0.15, 0.2) is 0 Å². The van der Waals surface area contributed by atoms with Crippen LogP contribution < -0.4 is 11.1 Å². The van der Waals surface area contributed by atoms with Gasteiger partial charge >= 0.3 is 0 Å². The van der Waals surface area contributed by atoms with Crippen molar-refractivity contribution in [3.63, 3.8) is 0 Å². The van der Waals surface area contributed by atoms with Crippen LogP contribution in [0.2, 0.25) is 0 Å². The summed E-state index contributed by atoms with van der Waals surface area (Å²) < 4.78 is 13.3. The zero-order chi connectivity index (χ0) is 13.0. The molecule has 0 radical (unpaired) electrons. The average molecular weight is 251 g/mol. The van der Waals surface area contributed by atoms with Crippen LogP contribution in [-0.2, 0) is 11.3 Å². The Bertz CT molecular complexity index is 424. The molecule has 0 unspecified atom stereocenters. The van der Waals surface area contributed by atoms with Gasteiger partial charge < -0.3 is 11.1 Å². The van der Waals surface area contributed by atoms with Crippen molar-refractivity contribution in [2.45, 2.75) is 19.0 Å². The highest BCUT2D eigenvalue weighted by molar-refractivity contribution is 5.78. The molecular formula is C13H18FN3O. The number of nitrogens with one attached hydrogen (secondary N) is 1. The van der Waals surface area contributed by atoms with Crippen molar-refractivity contribution >= 4 is 5.91 Å². The van der Waals surface area contributed by atoms with E-state index < -0.39 is 0 Å². The predicted octanol–water partition coefficient (Wildman–Crippen LogP) is 0.475. The van der Waals surface area contributed by atoms with Crippen LogP contribution in [0.25, 0.3) is 0 Å². The molecule has 4 nitrogen and oxygen atoms in total. The van der Waals surface area contributed by atoms with E-state index in [0.29, 0.717) is 12.1 Å². The van der Waals surface area contributed by atoms with Crippen LogP contribution in [0.1, 0.15) is 12.0 Å². The highest BCUT2D eigenvalue weighted by atomic mass is 19.1. The van der Waals surface area contributed by atoms with Crippen molar-refractivity contribution < 1.29 is 9.18 Å². The molecule has 1 fully saturated rings. The molecule has 1 amide bonds. The normalized spacial score (nSPS) is 20.0. The Morgan fingerprint density at radius 3 is 2.94 bits per heavy atom. The third-order valence-electron chi connectivity index (χ3n) is 3.11. The first-order valence-corrected chi connectivity index (χ1v) is 6.13. The lowest BCUT2D eigenvalue weighted by Gasteiger charge is -2.14. The number of carbonyl (C=O) groups excluding carboxylic acids is 1. The Labute approximate surface area is 106 Å². The number of nitrogens with zero attached hydrogens (tertiary/aromatic N) is 1. The van der Waals surface area contributed by atoms with Crippen molar-refractivity contribution in [1.82, 2.24) is 10.2 Å². The first-order chi connectivity index (χ1) is 8.65. The zero-order valence-electron chi connectivity index (χ0n) is 10.2. The number of halogens is 1. The molecule has 1 aromatic rings. The Morgan fingerprint density at radius 2 is 2.28 bits per heavy atom. The van der Waals surface area contributed by atoms with Crippen LogP contribution in [0.4, 0.5) is 4.39 Å². The van der Waals surface area contributed by atoms with E-state index in [1.807, 2.05) is 4.90 Å². The predicted molar refractivity (Wildman–Crippen MR) is 67.3 cm³/mol. The molecule has 3 N–H and O–H groups in total. The number of carbonyl (C=O) groups is 1. The molecule has 0 aliphatic carbocycles. The van der Waals surface area contributed by atoms with Gasteiger partial charge in [-0.25, -0.2) is 4.39 Å². The molecule has 1 heterocycles. The van der Waals surface area contributed by atoms with Gasteiger partial charge in [-0.2, -0.15) is 0 Å². The second-order valence-corrected chi connectivity index (χ2v) is 4.65. The summed E-state index contributed by atoms with van der Waals surface area (Å²) in [5, 5.41) is 2.72. The summed E-state index contributed by atoms with van der Waals surface area (Å²) in [7, 11) is 0. The van der Waals surface area contributed by atoms with Gasteiger partial charge in [0.25, 0.3) is 0 Å². The van der Waals surface area contributed by atoms with Gasteiger partial charge in [0.05, 0.1) is 6.54 Å². The topological polar surface area (TPSA) is 58.4 Å². The largest absolute Gasteiger partial charge is 0.351 e. The van der Waals surface area contributed by atoms with Crippen molar-refractivity contribution in [2.75, 3.05) is 19.6 Å². The second-order valence-electron chi connectivity index (χ2n) is 4.65. The molecule has 2 rings (SSSR count). The molecule has 98 valence electrons. The van der Waals surface area contributed by atoms with E-state index in [0.717, 1.165) is 19.5 Å². The molecule has 1 aliphatic rings. The summed E-state index contributed by atoms with van der Waals surface area (Å²) in [4.78, 5) is 13.7. The maximum absolute atomic E-state index is 13.3. The molecule has 0 aromatic heterocycles. The molecule has 1 atom stereocenters. The van der Waals surface area contributed by atoms with Gasteiger partial charge in [-0.3, -0.25) is 9.69 Å². The molecule has 1 aliphatic heterocycles. The Kier molecular flexibility index (Phi) is 4.28. The number of rotatable bonds is 4. The van der Waals surface area contributed by atoms with E-state index in [1.54, 1.807) is 18.2 Å². The fourth-order valence-electron chi connectivity index (χ4n) is 2.10. The molecular weight excluding hydrogens is 233 g/mol. The van der Waals surface area contributed by atoms with E-state index >= 15 is 0 Å². The fourth-order valence-corrected chi connectivity index (χ4v) is 2.10. The molecule has 1 aromatic carbocycles. The van der Waals surface area contributed by atoms with Crippen molar-refractivity contribution in [3.8, 4) is 0 Å². The van der Waals surface area contributed by atoms with Gasteiger partial charge in [-0.05, 0) is 12.5 Å². The number of likely N-dealkylation sites (tertiary alicyclic amines) is 1. The standard InChI is InChI=1S/C13H18FN3O/c14-12-4-2-1-3-10(12)7-16-13(18)9-17-6-5-11(15)8-17/h1-4,11H,5-9,15H2,(H,16,18)/t11-/m0/s1. The lowest BCUT2D eigenvalue weighted by Crippen LogP contribution is -2.37. The molecule has 1 saturated heterocycles. The van der Waals surface area contributed by atoms with Gasteiger partial charge in [0.1, 0.15) is 5.82 Å². The van der Waals surface area contributed by atoms with E-state index in [4.69, 9.17) is 5.73 Å². The van der Waals surface area contributed by atoms with Gasteiger partial charge in [0.2, 0.25) is 5.91 Å². The second kappa shape index (κ2) is 5.93. The highest BCUT2D eigenvalue weighted by Crippen LogP contribution is 2.07. The highest BCUT2D eigenvalue weighted by Gasteiger charge is 2.20. The SMILES string of the molecule is N[C@H]1CCN(CC(=O)NCc2ccccc2F)C1. The van der Waals surface area contributed by atoms with Gasteiger partial charge in [-0.15, -0.1) is 0 Å². The number of nitrogens with two attached hydrogens (primary N) is 1. The van der Waals surface area contributed by atoms with Gasteiger partial charge in [0, 0.05) is 31.2 Å². The number of hydrogen-bond donors (Lipinski definition) is 2. The summed E-state index contributed by atoms with van der Waals surface area (Å²) in [5.74, 6) is -0.381. The summed E-state index contributed by atoms with van der Waals surface area (Å²) in [6, 6.07) is 6.61. The zero-order valence-corrected chi connectivity index (χ0v) is 10.2. The molecule has 5 heteroatoms. The van der Waals surface area contributed by atoms with Crippen LogP contribution in [0, 0.1) is 5.82 Å². The monoisotopic (exact) mass is 251 g/mol. The van der Waals surface area contributed by atoms with E-state index in [9.17, 15) is 9.18 Å². The Balaban J connectivity index is 1.77. The maximum atomic E-state index is 13.3. The van der Waals surface area contributed by atoms with Crippen LogP contribution in [0.5, 0.6) is 0 Å². The molecule has 0 bridgehead atoms. The number of hydrogen-bond acceptors (Lipinski definition) is 3. The van der Waals surface area contributed by atoms with Crippen molar-refractivity contribution in [2.24, 2.45) is 5.73 Å². The first kappa shape index (κ1) is 13.0. The minimum atomic E-state index is -0.291. The lowest BCUT2D eigenvalue weighted by atomic mass is 10.2. The minimum Gasteiger partial charge on any atom is -0.351 e. The molecule has 0 saturated carbocycles. The summed E-state index contributed by atoms with van der Waals surface area (Å²) >= 11 is 0. The maximum Gasteiger partial charge on any atom is 0.234 e. The smallest absolute Gasteiger partial charge is 0.234 e. The third-order valence-corrected chi connectivity index (χ3v) is 3.11. The summed E-state index contributed by atoms with van der Waals surface area (Å²) in [6.45, 7) is 2.18. The quantitative estimate of drug-likeness (QED) is 0.818. The van der Waals surface area contributed by atoms with Crippen LogP contribution >= 0.6 is 0 Å². The summed E-state index contributed by atoms with van der Waals surface area (Å²) in [6.07, 6.45) is 0.931. The molecule has 18 heavy (non-hydrogen) atoms. The number of benzene rings is 1. The Hall–Kier alpha value is -1.46. The average Bonchev–Trinajstić information content (AvgIpc) is 2.74. The van der Waals surface area contributed by atoms with Crippen LogP contribution in [-0.4, -0.2) is 36.5 Å². The third kappa shape index (κ3) is 3.51. The molecule has 0 spiro atoms.